The van der Waals surface area contributed by atoms with Crippen LogP contribution in [-0.4, -0.2) is 42.4 Å². The van der Waals surface area contributed by atoms with Gasteiger partial charge in [-0.1, -0.05) is 42.5 Å². The highest BCUT2D eigenvalue weighted by molar-refractivity contribution is 6.03. The molecule has 1 heterocycles. The van der Waals surface area contributed by atoms with Crippen LogP contribution in [-0.2, 0) is 20.7 Å². The Hall–Kier alpha value is -3.15. The van der Waals surface area contributed by atoms with Gasteiger partial charge in [-0.3, -0.25) is 9.59 Å². The number of nitrogens with one attached hydrogen (secondary N) is 1. The Morgan fingerprint density at radius 1 is 1.11 bits per heavy atom. The molecular formula is C22H24N2O4. The van der Waals surface area contributed by atoms with Crippen LogP contribution < -0.4 is 5.32 Å². The fraction of sp³-hybridized carbons (Fsp3) is 0.318. The van der Waals surface area contributed by atoms with E-state index >= 15 is 0 Å². The number of carbonyl (C=O) groups excluding carboxylic acids is 3. The third kappa shape index (κ3) is 4.76. The summed E-state index contributed by atoms with van der Waals surface area (Å²) < 4.78 is 5.03. The monoisotopic (exact) mass is 380 g/mol. The average Bonchev–Trinajstić information content (AvgIpc) is 3.08. The highest BCUT2D eigenvalue weighted by atomic mass is 16.5. The summed E-state index contributed by atoms with van der Waals surface area (Å²) in [5, 5.41) is 2.79. The van der Waals surface area contributed by atoms with Gasteiger partial charge in [0.15, 0.2) is 0 Å². The van der Waals surface area contributed by atoms with Crippen molar-refractivity contribution in [3.63, 3.8) is 0 Å². The van der Waals surface area contributed by atoms with E-state index in [4.69, 9.17) is 4.74 Å². The number of amides is 2. The molecule has 2 aromatic rings. The molecule has 1 aliphatic heterocycles. The molecule has 1 fully saturated rings. The first-order valence-electron chi connectivity index (χ1n) is 9.47. The molecule has 1 N–H and O–H groups in total. The van der Waals surface area contributed by atoms with Crippen LogP contribution in [0.25, 0.3) is 0 Å². The van der Waals surface area contributed by atoms with Crippen molar-refractivity contribution in [1.29, 1.82) is 0 Å². The lowest BCUT2D eigenvalue weighted by Gasteiger charge is -2.17. The standard InChI is InChI=1S/C22H24N2O4/c1-2-28-22(27)18-10-6-7-11-19(18)23-21(26)17-14-20(25)24(15-17)13-12-16-8-4-3-5-9-16/h3-11,17H,2,12-15H2,1H3,(H,23,26). The summed E-state index contributed by atoms with van der Waals surface area (Å²) >= 11 is 0. The van der Waals surface area contributed by atoms with Gasteiger partial charge in [0, 0.05) is 19.5 Å². The molecule has 6 heteroatoms. The van der Waals surface area contributed by atoms with Crippen molar-refractivity contribution < 1.29 is 19.1 Å². The number of carbonyl (C=O) groups is 3. The molecule has 2 aromatic carbocycles. The minimum Gasteiger partial charge on any atom is -0.462 e. The largest absolute Gasteiger partial charge is 0.462 e. The van der Waals surface area contributed by atoms with Crippen molar-refractivity contribution in [3.05, 3.63) is 65.7 Å². The number of anilines is 1. The zero-order valence-corrected chi connectivity index (χ0v) is 15.9. The molecule has 3 rings (SSSR count). The molecule has 0 saturated carbocycles. The lowest BCUT2D eigenvalue weighted by atomic mass is 10.1. The number of likely N-dealkylation sites (tertiary alicyclic amines) is 1. The van der Waals surface area contributed by atoms with E-state index in [1.54, 1.807) is 36.1 Å². The van der Waals surface area contributed by atoms with E-state index in [0.717, 1.165) is 12.0 Å². The van der Waals surface area contributed by atoms with Crippen LogP contribution in [0.2, 0.25) is 0 Å². The number of hydrogen-bond donors (Lipinski definition) is 1. The summed E-state index contributed by atoms with van der Waals surface area (Å²) in [7, 11) is 0. The van der Waals surface area contributed by atoms with Crippen LogP contribution in [0.3, 0.4) is 0 Å². The van der Waals surface area contributed by atoms with Crippen LogP contribution in [0.1, 0.15) is 29.3 Å². The maximum Gasteiger partial charge on any atom is 0.340 e. The number of hydrogen-bond acceptors (Lipinski definition) is 4. The molecule has 0 spiro atoms. The fourth-order valence-corrected chi connectivity index (χ4v) is 3.29. The first-order chi connectivity index (χ1) is 13.6. The van der Waals surface area contributed by atoms with Crippen LogP contribution in [0.15, 0.2) is 54.6 Å². The second-order valence-corrected chi connectivity index (χ2v) is 6.73. The predicted molar refractivity (Wildman–Crippen MR) is 106 cm³/mol. The Labute approximate surface area is 164 Å². The van der Waals surface area contributed by atoms with Crippen molar-refractivity contribution in [2.45, 2.75) is 19.8 Å². The number of nitrogens with zero attached hydrogens (tertiary/aromatic N) is 1. The summed E-state index contributed by atoms with van der Waals surface area (Å²) in [6.45, 7) is 2.97. The molecule has 0 aromatic heterocycles. The van der Waals surface area contributed by atoms with E-state index in [9.17, 15) is 14.4 Å². The molecular weight excluding hydrogens is 356 g/mol. The number of ether oxygens (including phenoxy) is 1. The number of esters is 1. The van der Waals surface area contributed by atoms with Gasteiger partial charge in [0.1, 0.15) is 0 Å². The zero-order valence-electron chi connectivity index (χ0n) is 15.9. The Balaban J connectivity index is 1.60. The SMILES string of the molecule is CCOC(=O)c1ccccc1NC(=O)C1CC(=O)N(CCc2ccccc2)C1. The molecule has 146 valence electrons. The minimum atomic E-state index is -0.481. The van der Waals surface area contributed by atoms with Gasteiger partial charge in [0.2, 0.25) is 11.8 Å². The van der Waals surface area contributed by atoms with Crippen LogP contribution in [0.5, 0.6) is 0 Å². The minimum absolute atomic E-state index is 0.0187. The van der Waals surface area contributed by atoms with Crippen molar-refractivity contribution in [2.24, 2.45) is 5.92 Å². The summed E-state index contributed by atoms with van der Waals surface area (Å²) in [5.74, 6) is -1.19. The number of rotatable bonds is 7. The third-order valence-corrected chi connectivity index (χ3v) is 4.78. The fourth-order valence-electron chi connectivity index (χ4n) is 3.29. The molecule has 0 radical (unpaired) electrons. The molecule has 2 amide bonds. The van der Waals surface area contributed by atoms with Crippen LogP contribution in [0, 0.1) is 5.92 Å². The van der Waals surface area contributed by atoms with Crippen molar-refractivity contribution in [2.75, 3.05) is 25.0 Å². The Morgan fingerprint density at radius 3 is 2.57 bits per heavy atom. The first-order valence-corrected chi connectivity index (χ1v) is 9.47. The lowest BCUT2D eigenvalue weighted by molar-refractivity contribution is -0.128. The average molecular weight is 380 g/mol. The highest BCUT2D eigenvalue weighted by Crippen LogP contribution is 2.22. The number of para-hydroxylation sites is 1. The second kappa shape index (κ2) is 9.17. The smallest absolute Gasteiger partial charge is 0.340 e. The summed E-state index contributed by atoms with van der Waals surface area (Å²) in [5.41, 5.74) is 1.87. The Kier molecular flexibility index (Phi) is 6.42. The van der Waals surface area contributed by atoms with E-state index in [1.165, 1.54) is 0 Å². The zero-order chi connectivity index (χ0) is 19.9. The van der Waals surface area contributed by atoms with Gasteiger partial charge in [-0.15, -0.1) is 0 Å². The molecule has 1 atom stereocenters. The number of benzene rings is 2. The maximum absolute atomic E-state index is 12.7. The first kappa shape index (κ1) is 19.6. The molecule has 0 bridgehead atoms. The van der Waals surface area contributed by atoms with Crippen molar-refractivity contribution in [3.8, 4) is 0 Å². The molecule has 1 unspecified atom stereocenters. The summed E-state index contributed by atoms with van der Waals surface area (Å²) in [4.78, 5) is 38.8. The molecule has 28 heavy (non-hydrogen) atoms. The van der Waals surface area contributed by atoms with Gasteiger partial charge in [0.05, 0.1) is 23.8 Å². The molecule has 6 nitrogen and oxygen atoms in total. The lowest BCUT2D eigenvalue weighted by Crippen LogP contribution is -2.30. The maximum atomic E-state index is 12.7. The van der Waals surface area contributed by atoms with Gasteiger partial charge in [-0.2, -0.15) is 0 Å². The second-order valence-electron chi connectivity index (χ2n) is 6.73. The van der Waals surface area contributed by atoms with Gasteiger partial charge in [-0.25, -0.2) is 4.79 Å². The van der Waals surface area contributed by atoms with Gasteiger partial charge in [-0.05, 0) is 31.0 Å². The summed E-state index contributed by atoms with van der Waals surface area (Å²) in [6.07, 6.45) is 0.939. The van der Waals surface area contributed by atoms with Crippen LogP contribution in [0.4, 0.5) is 5.69 Å². The Morgan fingerprint density at radius 2 is 1.82 bits per heavy atom. The topological polar surface area (TPSA) is 75.7 Å². The van der Waals surface area contributed by atoms with E-state index in [0.29, 0.717) is 24.3 Å². The molecule has 0 aliphatic carbocycles. The van der Waals surface area contributed by atoms with E-state index in [2.05, 4.69) is 5.32 Å². The van der Waals surface area contributed by atoms with Crippen molar-refractivity contribution in [1.82, 2.24) is 4.90 Å². The van der Waals surface area contributed by atoms with Gasteiger partial charge >= 0.3 is 5.97 Å². The molecule has 1 saturated heterocycles. The van der Waals surface area contributed by atoms with E-state index < -0.39 is 11.9 Å². The Bertz CT molecular complexity index is 851. The van der Waals surface area contributed by atoms with Gasteiger partial charge < -0.3 is 15.0 Å². The van der Waals surface area contributed by atoms with Crippen LogP contribution >= 0.6 is 0 Å². The third-order valence-electron chi connectivity index (χ3n) is 4.78. The van der Waals surface area contributed by atoms with E-state index in [1.807, 2.05) is 30.3 Å². The summed E-state index contributed by atoms with van der Waals surface area (Å²) in [6, 6.07) is 16.7. The molecule has 1 aliphatic rings. The van der Waals surface area contributed by atoms with Gasteiger partial charge in [0.25, 0.3) is 0 Å². The quantitative estimate of drug-likeness (QED) is 0.750. The van der Waals surface area contributed by atoms with Crippen molar-refractivity contribution >= 4 is 23.5 Å². The van der Waals surface area contributed by atoms with E-state index in [-0.39, 0.29) is 24.8 Å². The highest BCUT2D eigenvalue weighted by Gasteiger charge is 2.34. The normalized spacial score (nSPS) is 16.1. The predicted octanol–water partition coefficient (Wildman–Crippen LogP) is 2.89.